The highest BCUT2D eigenvalue weighted by atomic mass is 15.2. The third-order valence-electron chi connectivity index (χ3n) is 2.54. The van der Waals surface area contributed by atoms with Crippen molar-refractivity contribution >= 4 is 5.69 Å². The molecule has 0 bridgehead atoms. The molecule has 0 aliphatic rings. The van der Waals surface area contributed by atoms with Crippen LogP contribution >= 0.6 is 0 Å². The SMILES string of the molecule is CC(C)N(C)C(C)c1[nH]ncc1N. The number of hydrogen-bond acceptors (Lipinski definition) is 3. The highest BCUT2D eigenvalue weighted by Crippen LogP contribution is 2.22. The van der Waals surface area contributed by atoms with E-state index in [0.29, 0.717) is 6.04 Å². The van der Waals surface area contributed by atoms with E-state index >= 15 is 0 Å². The highest BCUT2D eigenvalue weighted by Gasteiger charge is 2.17. The lowest BCUT2D eigenvalue weighted by Crippen LogP contribution is -2.29. The maximum atomic E-state index is 5.76. The first-order chi connectivity index (χ1) is 6.04. The molecule has 0 saturated heterocycles. The molecule has 3 N–H and O–H groups in total. The van der Waals surface area contributed by atoms with Gasteiger partial charge in [-0.15, -0.1) is 0 Å². The van der Waals surface area contributed by atoms with Gasteiger partial charge in [0.2, 0.25) is 0 Å². The molecule has 0 aromatic carbocycles. The third-order valence-corrected chi connectivity index (χ3v) is 2.54. The fraction of sp³-hybridized carbons (Fsp3) is 0.667. The number of hydrogen-bond donors (Lipinski definition) is 2. The minimum atomic E-state index is 0.280. The lowest BCUT2D eigenvalue weighted by Gasteiger charge is -2.27. The second-order valence-corrected chi connectivity index (χ2v) is 3.67. The van der Waals surface area contributed by atoms with Gasteiger partial charge in [-0.25, -0.2) is 0 Å². The average molecular weight is 182 g/mol. The number of H-pyrrole nitrogens is 1. The van der Waals surface area contributed by atoms with Crippen LogP contribution in [0.15, 0.2) is 6.20 Å². The van der Waals surface area contributed by atoms with Gasteiger partial charge in [0.25, 0.3) is 0 Å². The summed E-state index contributed by atoms with van der Waals surface area (Å²) >= 11 is 0. The molecule has 0 amide bonds. The molecule has 74 valence electrons. The van der Waals surface area contributed by atoms with Crippen molar-refractivity contribution in [2.45, 2.75) is 32.9 Å². The van der Waals surface area contributed by atoms with Crippen LogP contribution < -0.4 is 5.73 Å². The maximum Gasteiger partial charge on any atom is 0.0750 e. The van der Waals surface area contributed by atoms with Crippen LogP contribution in [0.25, 0.3) is 0 Å². The summed E-state index contributed by atoms with van der Waals surface area (Å²) in [5.74, 6) is 0. The molecule has 13 heavy (non-hydrogen) atoms. The van der Waals surface area contributed by atoms with Crippen LogP contribution in [-0.4, -0.2) is 28.2 Å². The Labute approximate surface area is 79.1 Å². The number of nitrogens with zero attached hydrogens (tertiary/aromatic N) is 2. The van der Waals surface area contributed by atoms with Crippen LogP contribution in [0.3, 0.4) is 0 Å². The number of nitrogen functional groups attached to an aromatic ring is 1. The fourth-order valence-corrected chi connectivity index (χ4v) is 1.29. The molecule has 0 spiro atoms. The van der Waals surface area contributed by atoms with E-state index in [-0.39, 0.29) is 6.04 Å². The number of rotatable bonds is 3. The predicted molar refractivity (Wildman–Crippen MR) is 54.3 cm³/mol. The second kappa shape index (κ2) is 3.79. The normalized spacial score (nSPS) is 14.0. The molecule has 0 radical (unpaired) electrons. The molecule has 1 aromatic heterocycles. The Morgan fingerprint density at radius 3 is 2.46 bits per heavy atom. The van der Waals surface area contributed by atoms with Crippen LogP contribution in [0.4, 0.5) is 5.69 Å². The zero-order valence-corrected chi connectivity index (χ0v) is 8.70. The molecule has 0 fully saturated rings. The molecule has 0 aliphatic heterocycles. The molecular formula is C9H18N4. The first-order valence-corrected chi connectivity index (χ1v) is 4.54. The van der Waals surface area contributed by atoms with Crippen molar-refractivity contribution in [3.05, 3.63) is 11.9 Å². The first kappa shape index (κ1) is 10.1. The summed E-state index contributed by atoms with van der Waals surface area (Å²) in [7, 11) is 2.08. The van der Waals surface area contributed by atoms with Crippen LogP contribution in [-0.2, 0) is 0 Å². The average Bonchev–Trinajstić information content (AvgIpc) is 2.48. The molecule has 0 saturated carbocycles. The molecule has 1 rings (SSSR count). The Hall–Kier alpha value is -1.03. The monoisotopic (exact) mass is 182 g/mol. The molecule has 1 heterocycles. The molecule has 1 atom stereocenters. The van der Waals surface area contributed by atoms with Crippen molar-refractivity contribution in [1.29, 1.82) is 0 Å². The predicted octanol–water partition coefficient (Wildman–Crippen LogP) is 1.39. The Balaban J connectivity index is 2.79. The second-order valence-electron chi connectivity index (χ2n) is 3.67. The minimum absolute atomic E-state index is 0.280. The van der Waals surface area contributed by atoms with E-state index in [1.54, 1.807) is 6.20 Å². The Bertz CT molecular complexity index is 266. The number of aromatic nitrogens is 2. The van der Waals surface area contributed by atoms with Gasteiger partial charge in [-0.2, -0.15) is 5.10 Å². The zero-order valence-electron chi connectivity index (χ0n) is 8.70. The van der Waals surface area contributed by atoms with E-state index in [9.17, 15) is 0 Å². The van der Waals surface area contributed by atoms with E-state index < -0.39 is 0 Å². The van der Waals surface area contributed by atoms with Crippen LogP contribution in [0.5, 0.6) is 0 Å². The van der Waals surface area contributed by atoms with Crippen molar-refractivity contribution in [2.75, 3.05) is 12.8 Å². The van der Waals surface area contributed by atoms with Crippen LogP contribution in [0.1, 0.15) is 32.5 Å². The largest absolute Gasteiger partial charge is 0.396 e. The van der Waals surface area contributed by atoms with Crippen molar-refractivity contribution in [3.63, 3.8) is 0 Å². The Kier molecular flexibility index (Phi) is 2.93. The van der Waals surface area contributed by atoms with E-state index in [4.69, 9.17) is 5.73 Å². The van der Waals surface area contributed by atoms with Gasteiger partial charge in [0, 0.05) is 6.04 Å². The number of aromatic amines is 1. The van der Waals surface area contributed by atoms with E-state index in [2.05, 4.69) is 42.9 Å². The van der Waals surface area contributed by atoms with Crippen molar-refractivity contribution < 1.29 is 0 Å². The van der Waals surface area contributed by atoms with Gasteiger partial charge in [0.1, 0.15) is 0 Å². The summed E-state index contributed by atoms with van der Waals surface area (Å²) in [4.78, 5) is 2.24. The third kappa shape index (κ3) is 2.01. The van der Waals surface area contributed by atoms with Gasteiger partial charge in [0.15, 0.2) is 0 Å². The minimum Gasteiger partial charge on any atom is -0.396 e. The van der Waals surface area contributed by atoms with Gasteiger partial charge < -0.3 is 5.73 Å². The molecular weight excluding hydrogens is 164 g/mol. The van der Waals surface area contributed by atoms with Crippen LogP contribution in [0, 0.1) is 0 Å². The van der Waals surface area contributed by atoms with Crippen LogP contribution in [0.2, 0.25) is 0 Å². The summed E-state index contributed by atoms with van der Waals surface area (Å²) in [6, 6.07) is 0.778. The topological polar surface area (TPSA) is 57.9 Å². The smallest absolute Gasteiger partial charge is 0.0750 e. The van der Waals surface area contributed by atoms with Crippen molar-refractivity contribution in [1.82, 2.24) is 15.1 Å². The van der Waals surface area contributed by atoms with Gasteiger partial charge >= 0.3 is 0 Å². The van der Waals surface area contributed by atoms with Crippen molar-refractivity contribution in [2.24, 2.45) is 0 Å². The molecule has 1 unspecified atom stereocenters. The molecule has 4 nitrogen and oxygen atoms in total. The fourth-order valence-electron chi connectivity index (χ4n) is 1.29. The number of nitrogens with two attached hydrogens (primary N) is 1. The zero-order chi connectivity index (χ0) is 10.0. The summed E-state index contributed by atoms with van der Waals surface area (Å²) in [5.41, 5.74) is 7.49. The summed E-state index contributed by atoms with van der Waals surface area (Å²) < 4.78 is 0. The molecule has 4 heteroatoms. The van der Waals surface area contributed by atoms with Gasteiger partial charge in [-0.1, -0.05) is 0 Å². The van der Waals surface area contributed by atoms with E-state index in [1.807, 2.05) is 0 Å². The first-order valence-electron chi connectivity index (χ1n) is 4.54. The summed E-state index contributed by atoms with van der Waals surface area (Å²) in [5, 5.41) is 6.83. The Morgan fingerprint density at radius 2 is 2.08 bits per heavy atom. The number of nitrogens with one attached hydrogen (secondary N) is 1. The van der Waals surface area contributed by atoms with Gasteiger partial charge in [-0.3, -0.25) is 10.00 Å². The van der Waals surface area contributed by atoms with E-state index in [1.165, 1.54) is 0 Å². The number of anilines is 1. The standard InChI is InChI=1S/C9H18N4/c1-6(2)13(4)7(3)9-8(10)5-11-12-9/h5-7H,10H2,1-4H3,(H,11,12). The maximum absolute atomic E-state index is 5.76. The van der Waals surface area contributed by atoms with Gasteiger partial charge in [-0.05, 0) is 27.8 Å². The highest BCUT2D eigenvalue weighted by molar-refractivity contribution is 5.41. The Morgan fingerprint density at radius 1 is 1.46 bits per heavy atom. The lowest BCUT2D eigenvalue weighted by atomic mass is 10.1. The summed E-state index contributed by atoms with van der Waals surface area (Å²) in [6.07, 6.45) is 1.65. The van der Waals surface area contributed by atoms with Gasteiger partial charge in [0.05, 0.1) is 23.6 Å². The van der Waals surface area contributed by atoms with E-state index in [0.717, 1.165) is 11.4 Å². The lowest BCUT2D eigenvalue weighted by molar-refractivity contribution is 0.207. The van der Waals surface area contributed by atoms with Crippen molar-refractivity contribution in [3.8, 4) is 0 Å². The summed E-state index contributed by atoms with van der Waals surface area (Å²) in [6.45, 7) is 6.43. The molecule has 0 aliphatic carbocycles. The molecule has 1 aromatic rings. The quantitative estimate of drug-likeness (QED) is 0.742.